The lowest BCUT2D eigenvalue weighted by atomic mass is 10.0. The molecule has 4 heteroatoms. The SMILES string of the molecule is Clc1ccc2nc(-c3ccc([C]4CC4)cc3)c(-c3ccccc3)nc2n1. The van der Waals surface area contributed by atoms with Gasteiger partial charge in [0.1, 0.15) is 10.7 Å². The number of halogens is 1. The highest BCUT2D eigenvalue weighted by atomic mass is 35.5. The Morgan fingerprint density at radius 1 is 0.615 bits per heavy atom. The number of hydrogen-bond donors (Lipinski definition) is 0. The number of pyridine rings is 1. The molecule has 4 aromatic rings. The summed E-state index contributed by atoms with van der Waals surface area (Å²) in [4.78, 5) is 14.0. The van der Waals surface area contributed by atoms with Crippen LogP contribution in [0.4, 0.5) is 0 Å². The Labute approximate surface area is 156 Å². The Morgan fingerprint density at radius 2 is 1.27 bits per heavy atom. The van der Waals surface area contributed by atoms with Crippen LogP contribution < -0.4 is 0 Å². The van der Waals surface area contributed by atoms with Gasteiger partial charge in [0.15, 0.2) is 5.65 Å². The number of hydrogen-bond acceptors (Lipinski definition) is 3. The molecule has 0 N–H and O–H groups in total. The summed E-state index contributed by atoms with van der Waals surface area (Å²) in [6.45, 7) is 0. The fraction of sp³-hybridized carbons (Fsp3) is 0.0909. The Kier molecular flexibility index (Phi) is 3.68. The third-order valence-corrected chi connectivity index (χ3v) is 4.82. The van der Waals surface area contributed by atoms with Crippen LogP contribution >= 0.6 is 11.6 Å². The molecular weight excluding hydrogens is 342 g/mol. The normalized spacial score (nSPS) is 13.9. The standard InChI is InChI=1S/C22H15ClN3/c23-19-13-12-18-22(25-19)26-21(16-4-2-1-3-5-16)20(24-18)17-10-8-15(9-11-17)14-6-7-14/h1-5,8-13H,6-7H2. The smallest absolute Gasteiger partial charge is 0.180 e. The molecule has 0 amide bonds. The predicted molar refractivity (Wildman–Crippen MR) is 105 cm³/mol. The lowest BCUT2D eigenvalue weighted by Crippen LogP contribution is -1.97. The summed E-state index contributed by atoms with van der Waals surface area (Å²) in [6.07, 6.45) is 2.44. The van der Waals surface area contributed by atoms with E-state index in [1.54, 1.807) is 6.07 Å². The van der Waals surface area contributed by atoms with E-state index in [9.17, 15) is 0 Å². The van der Waals surface area contributed by atoms with Gasteiger partial charge in [0.2, 0.25) is 0 Å². The van der Waals surface area contributed by atoms with Crippen molar-refractivity contribution in [2.45, 2.75) is 12.8 Å². The van der Waals surface area contributed by atoms with Gasteiger partial charge in [-0.05, 0) is 30.5 Å². The first-order chi connectivity index (χ1) is 12.8. The molecule has 125 valence electrons. The molecule has 1 saturated carbocycles. The molecule has 0 bridgehead atoms. The molecule has 2 aromatic carbocycles. The lowest BCUT2D eigenvalue weighted by Gasteiger charge is -2.11. The van der Waals surface area contributed by atoms with Crippen molar-refractivity contribution in [1.82, 2.24) is 15.0 Å². The highest BCUT2D eigenvalue weighted by Crippen LogP contribution is 2.39. The van der Waals surface area contributed by atoms with Crippen LogP contribution in [0.2, 0.25) is 5.15 Å². The van der Waals surface area contributed by atoms with Gasteiger partial charge in [0.05, 0.1) is 11.4 Å². The van der Waals surface area contributed by atoms with Gasteiger partial charge in [0, 0.05) is 17.0 Å². The Bertz CT molecular complexity index is 1090. The molecule has 0 unspecified atom stereocenters. The van der Waals surface area contributed by atoms with E-state index in [-0.39, 0.29) is 0 Å². The molecule has 1 aliphatic carbocycles. The fourth-order valence-corrected chi connectivity index (χ4v) is 3.28. The van der Waals surface area contributed by atoms with Gasteiger partial charge in [-0.1, -0.05) is 66.2 Å². The molecule has 1 radical (unpaired) electrons. The molecule has 2 aromatic heterocycles. The molecule has 1 aliphatic rings. The fourth-order valence-electron chi connectivity index (χ4n) is 3.13. The van der Waals surface area contributed by atoms with Gasteiger partial charge in [-0.25, -0.2) is 15.0 Å². The van der Waals surface area contributed by atoms with Crippen LogP contribution in [0.15, 0.2) is 66.7 Å². The minimum absolute atomic E-state index is 0.421. The van der Waals surface area contributed by atoms with Crippen LogP contribution in [0.3, 0.4) is 0 Å². The first-order valence-electron chi connectivity index (χ1n) is 8.63. The van der Waals surface area contributed by atoms with Crippen molar-refractivity contribution in [1.29, 1.82) is 0 Å². The van der Waals surface area contributed by atoms with Gasteiger partial charge < -0.3 is 0 Å². The molecule has 0 spiro atoms. The highest BCUT2D eigenvalue weighted by Gasteiger charge is 2.24. The Morgan fingerprint density at radius 3 is 2.00 bits per heavy atom. The molecule has 1 fully saturated rings. The zero-order valence-electron chi connectivity index (χ0n) is 14.0. The topological polar surface area (TPSA) is 38.7 Å². The number of aromatic nitrogens is 3. The van der Waals surface area contributed by atoms with E-state index in [0.717, 1.165) is 28.0 Å². The first-order valence-corrected chi connectivity index (χ1v) is 9.01. The lowest BCUT2D eigenvalue weighted by molar-refractivity contribution is 1.23. The molecule has 26 heavy (non-hydrogen) atoms. The van der Waals surface area contributed by atoms with E-state index in [2.05, 4.69) is 29.2 Å². The van der Waals surface area contributed by atoms with Crippen molar-refractivity contribution in [3.05, 3.63) is 83.4 Å². The van der Waals surface area contributed by atoms with E-state index >= 15 is 0 Å². The number of benzene rings is 2. The van der Waals surface area contributed by atoms with E-state index in [1.807, 2.05) is 36.4 Å². The zero-order chi connectivity index (χ0) is 17.5. The molecule has 5 rings (SSSR count). The number of nitrogens with zero attached hydrogens (tertiary/aromatic N) is 3. The Balaban J connectivity index is 1.72. The van der Waals surface area contributed by atoms with E-state index < -0.39 is 0 Å². The predicted octanol–water partition coefficient (Wildman–Crippen LogP) is 5.73. The average Bonchev–Trinajstić information content (AvgIpc) is 3.53. The van der Waals surface area contributed by atoms with Gasteiger partial charge >= 0.3 is 0 Å². The van der Waals surface area contributed by atoms with Crippen LogP contribution in [0.5, 0.6) is 0 Å². The summed E-state index contributed by atoms with van der Waals surface area (Å²) >= 11 is 6.05. The van der Waals surface area contributed by atoms with Crippen molar-refractivity contribution in [2.75, 3.05) is 0 Å². The van der Waals surface area contributed by atoms with E-state index in [0.29, 0.717) is 10.8 Å². The molecule has 0 aliphatic heterocycles. The summed E-state index contributed by atoms with van der Waals surface area (Å²) in [6, 6.07) is 22.3. The monoisotopic (exact) mass is 356 g/mol. The van der Waals surface area contributed by atoms with Gasteiger partial charge in [-0.15, -0.1) is 0 Å². The first kappa shape index (κ1) is 15.5. The molecule has 3 nitrogen and oxygen atoms in total. The number of rotatable bonds is 3. The largest absolute Gasteiger partial charge is 0.242 e. The highest BCUT2D eigenvalue weighted by molar-refractivity contribution is 6.29. The molecule has 0 atom stereocenters. The Hall–Kier alpha value is -2.78. The van der Waals surface area contributed by atoms with Crippen LogP contribution in [-0.4, -0.2) is 15.0 Å². The molecule has 0 saturated heterocycles. The maximum atomic E-state index is 6.05. The third-order valence-electron chi connectivity index (χ3n) is 4.61. The quantitative estimate of drug-likeness (QED) is 0.440. The summed E-state index contributed by atoms with van der Waals surface area (Å²) < 4.78 is 0. The average molecular weight is 357 g/mol. The van der Waals surface area contributed by atoms with Crippen molar-refractivity contribution >= 4 is 22.8 Å². The van der Waals surface area contributed by atoms with E-state index in [1.165, 1.54) is 24.3 Å². The molecular formula is C22H15ClN3. The second-order valence-electron chi connectivity index (χ2n) is 6.44. The third kappa shape index (κ3) is 2.85. The molecule has 2 heterocycles. The van der Waals surface area contributed by atoms with Gasteiger partial charge in [-0.3, -0.25) is 0 Å². The van der Waals surface area contributed by atoms with Crippen molar-refractivity contribution < 1.29 is 0 Å². The minimum Gasteiger partial charge on any atom is -0.242 e. The van der Waals surface area contributed by atoms with Crippen LogP contribution in [0.25, 0.3) is 33.7 Å². The maximum absolute atomic E-state index is 6.05. The van der Waals surface area contributed by atoms with Crippen molar-refractivity contribution in [3.63, 3.8) is 0 Å². The maximum Gasteiger partial charge on any atom is 0.180 e. The minimum atomic E-state index is 0.421. The van der Waals surface area contributed by atoms with Crippen molar-refractivity contribution in [3.8, 4) is 22.5 Å². The second-order valence-corrected chi connectivity index (χ2v) is 6.83. The summed E-state index contributed by atoms with van der Waals surface area (Å²) in [7, 11) is 0. The van der Waals surface area contributed by atoms with Gasteiger partial charge in [0.25, 0.3) is 0 Å². The number of fused-ring (bicyclic) bond motifs is 1. The summed E-state index contributed by atoms with van der Waals surface area (Å²) in [5.41, 5.74) is 6.38. The zero-order valence-corrected chi connectivity index (χ0v) is 14.7. The van der Waals surface area contributed by atoms with Crippen LogP contribution in [0, 0.1) is 5.92 Å². The second kappa shape index (κ2) is 6.19. The van der Waals surface area contributed by atoms with Crippen LogP contribution in [0.1, 0.15) is 18.4 Å². The van der Waals surface area contributed by atoms with Crippen LogP contribution in [-0.2, 0) is 0 Å². The summed E-state index contributed by atoms with van der Waals surface area (Å²) in [5.74, 6) is 1.53. The van der Waals surface area contributed by atoms with E-state index in [4.69, 9.17) is 21.6 Å². The summed E-state index contributed by atoms with van der Waals surface area (Å²) in [5, 5.41) is 0.421. The van der Waals surface area contributed by atoms with Crippen molar-refractivity contribution in [2.24, 2.45) is 0 Å². The van der Waals surface area contributed by atoms with Gasteiger partial charge in [-0.2, -0.15) is 0 Å².